The van der Waals surface area contributed by atoms with Crippen LogP contribution in [0.2, 0.25) is 5.02 Å². The fraction of sp³-hybridized carbons (Fsp3) is 0.250. The molecule has 1 atom stereocenters. The van der Waals surface area contributed by atoms with Crippen molar-refractivity contribution in [3.8, 4) is 0 Å². The highest BCUT2D eigenvalue weighted by atomic mass is 35.5. The quantitative estimate of drug-likeness (QED) is 0.854. The Hall–Kier alpha value is -1.31. The molecule has 94 valence electrons. The summed E-state index contributed by atoms with van der Waals surface area (Å²) in [6.07, 6.45) is 0. The molecule has 0 aromatic heterocycles. The summed E-state index contributed by atoms with van der Waals surface area (Å²) in [5.74, 6) is 0. The van der Waals surface area contributed by atoms with Crippen molar-refractivity contribution >= 4 is 11.6 Å². The molecular weight excluding hydrogens is 242 g/mol. The molecule has 18 heavy (non-hydrogen) atoms. The first-order chi connectivity index (χ1) is 8.49. The van der Waals surface area contributed by atoms with Crippen molar-refractivity contribution < 1.29 is 0 Å². The Morgan fingerprint density at radius 2 is 1.67 bits per heavy atom. The fourth-order valence-electron chi connectivity index (χ4n) is 2.22. The third-order valence-corrected chi connectivity index (χ3v) is 3.73. The monoisotopic (exact) mass is 259 g/mol. The van der Waals surface area contributed by atoms with Gasteiger partial charge in [-0.05, 0) is 49.1 Å². The third kappa shape index (κ3) is 2.58. The van der Waals surface area contributed by atoms with Crippen molar-refractivity contribution in [1.29, 1.82) is 0 Å². The summed E-state index contributed by atoms with van der Waals surface area (Å²) in [7, 11) is 0. The Morgan fingerprint density at radius 1 is 0.944 bits per heavy atom. The highest BCUT2D eigenvalue weighted by Gasteiger charge is 2.12. The van der Waals surface area contributed by atoms with Crippen molar-refractivity contribution in [3.63, 3.8) is 0 Å². The minimum atomic E-state index is -0.0958. The van der Waals surface area contributed by atoms with Crippen molar-refractivity contribution in [2.45, 2.75) is 26.8 Å². The first-order valence-corrected chi connectivity index (χ1v) is 6.45. The molecule has 0 radical (unpaired) electrons. The summed E-state index contributed by atoms with van der Waals surface area (Å²) in [6.45, 7) is 6.19. The van der Waals surface area contributed by atoms with Crippen LogP contribution in [0.3, 0.4) is 0 Å². The molecule has 2 aromatic carbocycles. The largest absolute Gasteiger partial charge is 0.320 e. The molecule has 0 saturated carbocycles. The number of halogens is 1. The van der Waals surface area contributed by atoms with Crippen LogP contribution in [0.1, 0.15) is 33.9 Å². The summed E-state index contributed by atoms with van der Waals surface area (Å²) in [5.41, 5.74) is 12.2. The van der Waals surface area contributed by atoms with Gasteiger partial charge in [0.25, 0.3) is 0 Å². The van der Waals surface area contributed by atoms with E-state index in [9.17, 15) is 0 Å². The molecule has 0 saturated heterocycles. The average Bonchev–Trinajstić information content (AvgIpc) is 2.32. The maximum Gasteiger partial charge on any atom is 0.0554 e. The standard InChI is InChI=1S/C16H18ClN/c1-10-4-6-14(11(2)8-10)16(18)13-5-7-15(17)12(3)9-13/h4-9,16H,18H2,1-3H3. The van der Waals surface area contributed by atoms with Gasteiger partial charge in [0.2, 0.25) is 0 Å². The van der Waals surface area contributed by atoms with Crippen LogP contribution in [0, 0.1) is 20.8 Å². The van der Waals surface area contributed by atoms with E-state index in [1.54, 1.807) is 0 Å². The topological polar surface area (TPSA) is 26.0 Å². The van der Waals surface area contributed by atoms with Crippen LogP contribution in [-0.2, 0) is 0 Å². The molecule has 2 heteroatoms. The Morgan fingerprint density at radius 3 is 2.28 bits per heavy atom. The van der Waals surface area contributed by atoms with E-state index in [1.165, 1.54) is 16.7 Å². The maximum atomic E-state index is 6.34. The van der Waals surface area contributed by atoms with Crippen molar-refractivity contribution in [3.05, 3.63) is 69.2 Å². The molecule has 1 unspecified atom stereocenters. The zero-order valence-electron chi connectivity index (χ0n) is 11.0. The fourth-order valence-corrected chi connectivity index (χ4v) is 2.33. The summed E-state index contributed by atoms with van der Waals surface area (Å²) in [5, 5.41) is 0.784. The van der Waals surface area contributed by atoms with Gasteiger partial charge in [-0.3, -0.25) is 0 Å². The summed E-state index contributed by atoms with van der Waals surface area (Å²) in [6, 6.07) is 12.3. The molecular formula is C16H18ClN. The Bertz CT molecular complexity index is 575. The van der Waals surface area contributed by atoms with Gasteiger partial charge in [-0.1, -0.05) is 47.5 Å². The third-order valence-electron chi connectivity index (χ3n) is 3.30. The lowest BCUT2D eigenvalue weighted by Crippen LogP contribution is -2.13. The molecule has 0 aliphatic heterocycles. The van der Waals surface area contributed by atoms with E-state index >= 15 is 0 Å². The molecule has 2 aromatic rings. The molecule has 0 spiro atoms. The normalized spacial score (nSPS) is 12.5. The van der Waals surface area contributed by atoms with Crippen LogP contribution in [0.25, 0.3) is 0 Å². The number of hydrogen-bond acceptors (Lipinski definition) is 1. The number of rotatable bonds is 2. The van der Waals surface area contributed by atoms with Crippen LogP contribution in [-0.4, -0.2) is 0 Å². The lowest BCUT2D eigenvalue weighted by Gasteiger charge is -2.16. The van der Waals surface area contributed by atoms with E-state index in [2.05, 4.69) is 38.1 Å². The van der Waals surface area contributed by atoms with Crippen LogP contribution in [0.5, 0.6) is 0 Å². The molecule has 1 nitrogen and oxygen atoms in total. The number of hydrogen-bond donors (Lipinski definition) is 1. The Labute approximate surface area is 114 Å². The highest BCUT2D eigenvalue weighted by molar-refractivity contribution is 6.31. The zero-order valence-corrected chi connectivity index (χ0v) is 11.8. The molecule has 0 aliphatic rings. The van der Waals surface area contributed by atoms with Gasteiger partial charge in [-0.2, -0.15) is 0 Å². The minimum Gasteiger partial charge on any atom is -0.320 e. The van der Waals surface area contributed by atoms with E-state index in [4.69, 9.17) is 17.3 Å². The smallest absolute Gasteiger partial charge is 0.0554 e. The molecule has 2 rings (SSSR count). The van der Waals surface area contributed by atoms with Crippen LogP contribution in [0.15, 0.2) is 36.4 Å². The van der Waals surface area contributed by atoms with Gasteiger partial charge in [0.15, 0.2) is 0 Å². The zero-order chi connectivity index (χ0) is 13.3. The molecule has 0 aliphatic carbocycles. The number of benzene rings is 2. The van der Waals surface area contributed by atoms with Crippen LogP contribution < -0.4 is 5.73 Å². The predicted molar refractivity (Wildman–Crippen MR) is 78.1 cm³/mol. The SMILES string of the molecule is Cc1ccc(C(N)c2ccc(Cl)c(C)c2)c(C)c1. The lowest BCUT2D eigenvalue weighted by molar-refractivity contribution is 0.859. The Kier molecular flexibility index (Phi) is 3.74. The summed E-state index contributed by atoms with van der Waals surface area (Å²) >= 11 is 6.04. The van der Waals surface area contributed by atoms with E-state index in [0.29, 0.717) is 0 Å². The lowest BCUT2D eigenvalue weighted by atomic mass is 9.94. The van der Waals surface area contributed by atoms with Gasteiger partial charge in [0.1, 0.15) is 0 Å². The summed E-state index contributed by atoms with van der Waals surface area (Å²) in [4.78, 5) is 0. The average molecular weight is 260 g/mol. The molecule has 0 amide bonds. The number of aryl methyl sites for hydroxylation is 3. The van der Waals surface area contributed by atoms with Gasteiger partial charge in [-0.15, -0.1) is 0 Å². The predicted octanol–water partition coefficient (Wildman–Crippen LogP) is 4.31. The van der Waals surface area contributed by atoms with Gasteiger partial charge < -0.3 is 5.73 Å². The van der Waals surface area contributed by atoms with Gasteiger partial charge >= 0.3 is 0 Å². The first kappa shape index (κ1) is 13.1. The van der Waals surface area contributed by atoms with Crippen molar-refractivity contribution in [1.82, 2.24) is 0 Å². The highest BCUT2D eigenvalue weighted by Crippen LogP contribution is 2.26. The molecule has 0 bridgehead atoms. The molecule has 2 N–H and O–H groups in total. The minimum absolute atomic E-state index is 0.0958. The first-order valence-electron chi connectivity index (χ1n) is 6.08. The summed E-state index contributed by atoms with van der Waals surface area (Å²) < 4.78 is 0. The van der Waals surface area contributed by atoms with Crippen molar-refractivity contribution in [2.75, 3.05) is 0 Å². The number of nitrogens with two attached hydrogens (primary N) is 1. The van der Waals surface area contributed by atoms with Crippen molar-refractivity contribution in [2.24, 2.45) is 5.73 Å². The molecule has 0 fully saturated rings. The van der Waals surface area contributed by atoms with E-state index < -0.39 is 0 Å². The second-order valence-corrected chi connectivity index (χ2v) is 5.25. The van der Waals surface area contributed by atoms with Gasteiger partial charge in [0.05, 0.1) is 6.04 Å². The van der Waals surface area contributed by atoms with E-state index in [0.717, 1.165) is 16.1 Å². The second kappa shape index (κ2) is 5.13. The molecule has 0 heterocycles. The van der Waals surface area contributed by atoms with E-state index in [-0.39, 0.29) is 6.04 Å². The van der Waals surface area contributed by atoms with Crippen LogP contribution in [0.4, 0.5) is 0 Å². The maximum absolute atomic E-state index is 6.34. The Balaban J connectivity index is 2.41. The van der Waals surface area contributed by atoms with Crippen LogP contribution >= 0.6 is 11.6 Å². The van der Waals surface area contributed by atoms with E-state index in [1.807, 2.05) is 19.1 Å². The van der Waals surface area contributed by atoms with Gasteiger partial charge in [-0.25, -0.2) is 0 Å². The van der Waals surface area contributed by atoms with Gasteiger partial charge in [0, 0.05) is 5.02 Å². The second-order valence-electron chi connectivity index (χ2n) is 4.85.